The first kappa shape index (κ1) is 14.7. The van der Waals surface area contributed by atoms with E-state index in [1.165, 1.54) is 25.3 Å². The van der Waals surface area contributed by atoms with Crippen molar-refractivity contribution in [1.29, 1.82) is 10.7 Å². The summed E-state index contributed by atoms with van der Waals surface area (Å²) in [5, 5.41) is 18.3. The number of aliphatic imine (C=N–C) groups is 1. The number of alkyl halides is 2. The number of hydrogen-bond acceptors (Lipinski definition) is 4. The van der Waals surface area contributed by atoms with Gasteiger partial charge in [0.05, 0.1) is 11.6 Å². The van der Waals surface area contributed by atoms with Crippen molar-refractivity contribution in [2.45, 2.75) is 19.4 Å². The molecule has 0 saturated carbocycles. The Hall–Kier alpha value is -2.40. The molecule has 8 heteroatoms. The molecule has 0 amide bonds. The predicted octanol–water partition coefficient (Wildman–Crippen LogP) is 1.35. The lowest BCUT2D eigenvalue weighted by molar-refractivity contribution is 0.223. The minimum absolute atomic E-state index is 0.00232. The second kappa shape index (κ2) is 6.51. The fourth-order valence-electron chi connectivity index (χ4n) is 1.09. The quantitative estimate of drug-likeness (QED) is 0.566. The standard InChI is InChI=1S/C11H12F2N6/c1-6(15)11(19-10(16)9(12)13)18-8-3-2-7(4-14)5-17-8/h2-3,5-6,9H,15H2,1H3,(H2,16,17,18,19). The van der Waals surface area contributed by atoms with Crippen LogP contribution >= 0.6 is 0 Å². The maximum Gasteiger partial charge on any atom is 0.296 e. The molecule has 0 aromatic carbocycles. The van der Waals surface area contributed by atoms with E-state index in [0.717, 1.165) is 0 Å². The SMILES string of the molecule is CC(N)/C(=N/C(=N)C(F)F)Nc1ccc(C#N)cn1. The van der Waals surface area contributed by atoms with Gasteiger partial charge in [0.1, 0.15) is 17.7 Å². The van der Waals surface area contributed by atoms with Crippen LogP contribution in [0, 0.1) is 16.7 Å². The van der Waals surface area contributed by atoms with Gasteiger partial charge in [-0.25, -0.2) is 18.8 Å². The van der Waals surface area contributed by atoms with Crippen LogP contribution in [0.25, 0.3) is 0 Å². The average Bonchev–Trinajstić information content (AvgIpc) is 2.38. The molecule has 0 aliphatic carbocycles. The van der Waals surface area contributed by atoms with Crippen LogP contribution in [-0.4, -0.2) is 29.1 Å². The Balaban J connectivity index is 2.90. The van der Waals surface area contributed by atoms with Gasteiger partial charge in [0.15, 0.2) is 5.84 Å². The van der Waals surface area contributed by atoms with Crippen molar-refractivity contribution < 1.29 is 8.78 Å². The highest BCUT2D eigenvalue weighted by Crippen LogP contribution is 2.06. The number of nitrogens with two attached hydrogens (primary N) is 1. The number of rotatable bonds is 3. The van der Waals surface area contributed by atoms with Crippen LogP contribution in [-0.2, 0) is 0 Å². The van der Waals surface area contributed by atoms with Gasteiger partial charge in [0.2, 0.25) is 0 Å². The third-order valence-corrected chi connectivity index (χ3v) is 2.03. The molecule has 1 unspecified atom stereocenters. The van der Waals surface area contributed by atoms with Crippen LogP contribution in [0.3, 0.4) is 0 Å². The first-order valence-electron chi connectivity index (χ1n) is 5.28. The Bertz CT molecular complexity index is 515. The Kier molecular flexibility index (Phi) is 5.02. The number of nitriles is 1. The van der Waals surface area contributed by atoms with E-state index < -0.39 is 18.3 Å². The van der Waals surface area contributed by atoms with Crippen LogP contribution in [0.15, 0.2) is 23.3 Å². The molecule has 1 aromatic heterocycles. The summed E-state index contributed by atoms with van der Waals surface area (Å²) in [4.78, 5) is 7.32. The molecule has 0 aliphatic rings. The van der Waals surface area contributed by atoms with E-state index in [9.17, 15) is 8.78 Å². The van der Waals surface area contributed by atoms with Crippen molar-refractivity contribution in [2.75, 3.05) is 5.32 Å². The average molecular weight is 266 g/mol. The highest BCUT2D eigenvalue weighted by molar-refractivity contribution is 6.05. The predicted molar refractivity (Wildman–Crippen MR) is 67.4 cm³/mol. The van der Waals surface area contributed by atoms with Crippen LogP contribution < -0.4 is 11.1 Å². The zero-order valence-electron chi connectivity index (χ0n) is 10.1. The molecule has 6 nitrogen and oxygen atoms in total. The molecular formula is C11H12F2N6. The second-order valence-corrected chi connectivity index (χ2v) is 3.64. The summed E-state index contributed by atoms with van der Waals surface area (Å²) >= 11 is 0. The number of pyridine rings is 1. The fraction of sp³-hybridized carbons (Fsp3) is 0.273. The lowest BCUT2D eigenvalue weighted by Gasteiger charge is -2.12. The number of nitrogens with zero attached hydrogens (tertiary/aromatic N) is 3. The van der Waals surface area contributed by atoms with Crippen molar-refractivity contribution >= 4 is 17.5 Å². The summed E-state index contributed by atoms with van der Waals surface area (Å²) in [7, 11) is 0. The third kappa shape index (κ3) is 4.40. The van der Waals surface area contributed by atoms with Gasteiger partial charge < -0.3 is 11.1 Å². The Morgan fingerprint density at radius 2 is 2.26 bits per heavy atom. The molecular weight excluding hydrogens is 254 g/mol. The van der Waals surface area contributed by atoms with E-state index in [-0.39, 0.29) is 5.84 Å². The number of hydrogen-bond donors (Lipinski definition) is 3. The summed E-state index contributed by atoms with van der Waals surface area (Å²) in [6.07, 6.45) is -1.65. The highest BCUT2D eigenvalue weighted by atomic mass is 19.3. The monoisotopic (exact) mass is 266 g/mol. The largest absolute Gasteiger partial charge is 0.327 e. The van der Waals surface area contributed by atoms with Crippen LogP contribution in [0.4, 0.5) is 14.6 Å². The van der Waals surface area contributed by atoms with E-state index in [0.29, 0.717) is 11.4 Å². The van der Waals surface area contributed by atoms with E-state index in [2.05, 4.69) is 15.3 Å². The van der Waals surface area contributed by atoms with Gasteiger partial charge >= 0.3 is 0 Å². The first-order chi connectivity index (χ1) is 8.93. The van der Waals surface area contributed by atoms with Gasteiger partial charge in [-0.15, -0.1) is 0 Å². The summed E-state index contributed by atoms with van der Waals surface area (Å²) in [5.41, 5.74) is 5.94. The number of aromatic nitrogens is 1. The molecule has 1 atom stereocenters. The Labute approximate surface area is 108 Å². The Morgan fingerprint density at radius 1 is 1.58 bits per heavy atom. The molecule has 1 aromatic rings. The van der Waals surface area contributed by atoms with Gasteiger partial charge in [-0.2, -0.15) is 5.26 Å². The molecule has 0 fully saturated rings. The topological polar surface area (TPSA) is 111 Å². The van der Waals surface area contributed by atoms with Gasteiger partial charge in [0, 0.05) is 6.20 Å². The van der Waals surface area contributed by atoms with Crippen molar-refractivity contribution in [2.24, 2.45) is 10.7 Å². The zero-order chi connectivity index (χ0) is 14.4. The highest BCUT2D eigenvalue weighted by Gasteiger charge is 2.14. The van der Waals surface area contributed by atoms with Crippen molar-refractivity contribution in [3.05, 3.63) is 23.9 Å². The zero-order valence-corrected chi connectivity index (χ0v) is 10.1. The molecule has 0 bridgehead atoms. The maximum atomic E-state index is 12.2. The fourth-order valence-corrected chi connectivity index (χ4v) is 1.09. The molecule has 4 N–H and O–H groups in total. The smallest absolute Gasteiger partial charge is 0.296 e. The van der Waals surface area contributed by atoms with E-state index in [4.69, 9.17) is 16.4 Å². The molecule has 1 rings (SSSR count). The lowest BCUT2D eigenvalue weighted by atomic mass is 10.3. The number of amidine groups is 2. The van der Waals surface area contributed by atoms with Gasteiger partial charge in [-0.1, -0.05) is 0 Å². The normalized spacial score (nSPS) is 12.9. The maximum absolute atomic E-state index is 12.2. The molecule has 1 heterocycles. The molecule has 19 heavy (non-hydrogen) atoms. The number of nitrogens with one attached hydrogen (secondary N) is 2. The summed E-state index contributed by atoms with van der Waals surface area (Å²) in [5.74, 6) is -0.770. The first-order valence-corrected chi connectivity index (χ1v) is 5.28. The molecule has 0 spiro atoms. The molecule has 0 aliphatic heterocycles. The van der Waals surface area contributed by atoms with E-state index in [1.807, 2.05) is 6.07 Å². The summed E-state index contributed by atoms with van der Waals surface area (Å²) < 4.78 is 24.5. The molecule has 100 valence electrons. The van der Waals surface area contributed by atoms with Crippen molar-refractivity contribution in [3.63, 3.8) is 0 Å². The van der Waals surface area contributed by atoms with Crippen molar-refractivity contribution in [3.8, 4) is 6.07 Å². The van der Waals surface area contributed by atoms with E-state index >= 15 is 0 Å². The van der Waals surface area contributed by atoms with Crippen LogP contribution in [0.5, 0.6) is 0 Å². The Morgan fingerprint density at radius 3 is 2.68 bits per heavy atom. The van der Waals surface area contributed by atoms with Crippen molar-refractivity contribution in [1.82, 2.24) is 4.98 Å². The summed E-state index contributed by atoms with van der Waals surface area (Å²) in [6, 6.07) is 4.22. The molecule has 0 radical (unpaired) electrons. The minimum Gasteiger partial charge on any atom is -0.327 e. The van der Waals surface area contributed by atoms with Gasteiger partial charge in [-0.3, -0.25) is 5.41 Å². The third-order valence-electron chi connectivity index (χ3n) is 2.03. The number of halogens is 2. The minimum atomic E-state index is -2.97. The number of anilines is 1. The van der Waals surface area contributed by atoms with Crippen LogP contribution in [0.2, 0.25) is 0 Å². The lowest BCUT2D eigenvalue weighted by Crippen LogP contribution is -2.34. The summed E-state index contributed by atoms with van der Waals surface area (Å²) in [6.45, 7) is 1.54. The van der Waals surface area contributed by atoms with E-state index in [1.54, 1.807) is 0 Å². The molecule has 0 saturated heterocycles. The second-order valence-electron chi connectivity index (χ2n) is 3.64. The van der Waals surface area contributed by atoms with Gasteiger partial charge in [-0.05, 0) is 19.1 Å². The van der Waals surface area contributed by atoms with Crippen LogP contribution in [0.1, 0.15) is 12.5 Å². The van der Waals surface area contributed by atoms with Gasteiger partial charge in [0.25, 0.3) is 6.43 Å².